The van der Waals surface area contributed by atoms with Crippen molar-refractivity contribution in [1.29, 1.82) is 0 Å². The molecule has 2 rings (SSSR count). The van der Waals surface area contributed by atoms with Gasteiger partial charge in [0, 0.05) is 29.0 Å². The van der Waals surface area contributed by atoms with Crippen LogP contribution in [0, 0.1) is 5.92 Å². The fourth-order valence-electron chi connectivity index (χ4n) is 2.42. The van der Waals surface area contributed by atoms with E-state index in [1.54, 1.807) is 4.90 Å². The van der Waals surface area contributed by atoms with Crippen LogP contribution in [0.1, 0.15) is 20.3 Å². The third-order valence-corrected chi connectivity index (χ3v) is 4.23. The zero-order chi connectivity index (χ0) is 12.6. The summed E-state index contributed by atoms with van der Waals surface area (Å²) in [5.74, 6) is 0.0584. The Kier molecular flexibility index (Phi) is 3.27. The minimum atomic E-state index is -0.351. The Balaban J connectivity index is 2.45. The lowest BCUT2D eigenvalue weighted by molar-refractivity contribution is -0.117. The molecule has 0 saturated carbocycles. The number of benzene rings is 1. The molecule has 1 N–H and O–H groups in total. The molecule has 1 amide bonds. The molecule has 1 atom stereocenters. The SMILES string of the molecule is CC1(C)C(CO)CC(=O)N1c1ccccc1Br. The topological polar surface area (TPSA) is 40.5 Å². The molecule has 0 bridgehead atoms. The Hall–Kier alpha value is -0.870. The molecule has 1 aromatic rings. The number of anilines is 1. The molecule has 92 valence electrons. The van der Waals surface area contributed by atoms with Crippen molar-refractivity contribution in [3.8, 4) is 0 Å². The van der Waals surface area contributed by atoms with Gasteiger partial charge in [-0.3, -0.25) is 4.79 Å². The number of carbonyl (C=O) groups is 1. The Morgan fingerprint density at radius 3 is 2.65 bits per heavy atom. The molecule has 1 unspecified atom stereocenters. The lowest BCUT2D eigenvalue weighted by atomic mass is 9.89. The Labute approximate surface area is 110 Å². The summed E-state index contributed by atoms with van der Waals surface area (Å²) in [6.07, 6.45) is 0.408. The van der Waals surface area contributed by atoms with Crippen LogP contribution in [0.3, 0.4) is 0 Å². The van der Waals surface area contributed by atoms with Crippen molar-refractivity contribution < 1.29 is 9.90 Å². The highest BCUT2D eigenvalue weighted by Gasteiger charge is 2.46. The van der Waals surface area contributed by atoms with Crippen LogP contribution in [-0.2, 0) is 4.79 Å². The van der Waals surface area contributed by atoms with Gasteiger partial charge in [-0.15, -0.1) is 0 Å². The van der Waals surface area contributed by atoms with E-state index in [1.807, 2.05) is 38.1 Å². The average molecular weight is 298 g/mol. The first-order chi connectivity index (χ1) is 7.98. The van der Waals surface area contributed by atoms with Crippen LogP contribution in [0.25, 0.3) is 0 Å². The summed E-state index contributed by atoms with van der Waals surface area (Å²) in [6, 6.07) is 7.68. The quantitative estimate of drug-likeness (QED) is 0.911. The van der Waals surface area contributed by atoms with Gasteiger partial charge in [-0.1, -0.05) is 12.1 Å². The Morgan fingerprint density at radius 1 is 1.47 bits per heavy atom. The van der Waals surface area contributed by atoms with Crippen LogP contribution >= 0.6 is 15.9 Å². The highest BCUT2D eigenvalue weighted by molar-refractivity contribution is 9.10. The molecule has 0 aromatic heterocycles. The van der Waals surface area contributed by atoms with Gasteiger partial charge in [0.25, 0.3) is 0 Å². The number of para-hydroxylation sites is 1. The van der Waals surface area contributed by atoms with E-state index >= 15 is 0 Å². The average Bonchev–Trinajstić information content (AvgIpc) is 2.50. The van der Waals surface area contributed by atoms with Crippen LogP contribution in [-0.4, -0.2) is 23.2 Å². The van der Waals surface area contributed by atoms with Crippen LogP contribution in [0.15, 0.2) is 28.7 Å². The highest BCUT2D eigenvalue weighted by Crippen LogP contribution is 2.41. The summed E-state index contributed by atoms with van der Waals surface area (Å²) in [7, 11) is 0. The second-order valence-electron chi connectivity index (χ2n) is 4.92. The smallest absolute Gasteiger partial charge is 0.227 e. The first-order valence-corrected chi connectivity index (χ1v) is 6.46. The minimum absolute atomic E-state index is 0.0119. The van der Waals surface area contributed by atoms with Crippen LogP contribution in [0.4, 0.5) is 5.69 Å². The van der Waals surface area contributed by atoms with Crippen molar-refractivity contribution in [3.63, 3.8) is 0 Å². The van der Waals surface area contributed by atoms with E-state index < -0.39 is 0 Å². The second-order valence-corrected chi connectivity index (χ2v) is 5.77. The number of amides is 1. The fourth-order valence-corrected chi connectivity index (χ4v) is 2.88. The Morgan fingerprint density at radius 2 is 2.12 bits per heavy atom. The zero-order valence-electron chi connectivity index (χ0n) is 9.98. The standard InChI is InChI=1S/C13H16BrNO2/c1-13(2)9(8-16)7-12(17)15(13)11-6-4-3-5-10(11)14/h3-6,9,16H,7-8H2,1-2H3. The highest BCUT2D eigenvalue weighted by atomic mass is 79.9. The lowest BCUT2D eigenvalue weighted by Crippen LogP contribution is -2.45. The lowest BCUT2D eigenvalue weighted by Gasteiger charge is -2.35. The molecular formula is C13H16BrNO2. The molecule has 1 aliphatic rings. The predicted molar refractivity (Wildman–Crippen MR) is 70.9 cm³/mol. The van der Waals surface area contributed by atoms with Crippen molar-refractivity contribution >= 4 is 27.5 Å². The molecular weight excluding hydrogens is 282 g/mol. The number of rotatable bonds is 2. The van der Waals surface area contributed by atoms with E-state index in [-0.39, 0.29) is 24.0 Å². The summed E-state index contributed by atoms with van der Waals surface area (Å²) in [6.45, 7) is 4.04. The van der Waals surface area contributed by atoms with Gasteiger partial charge in [-0.25, -0.2) is 0 Å². The third-order valence-electron chi connectivity index (χ3n) is 3.56. The molecule has 0 radical (unpaired) electrons. The van der Waals surface area contributed by atoms with Crippen LogP contribution in [0.2, 0.25) is 0 Å². The van der Waals surface area contributed by atoms with Gasteiger partial charge < -0.3 is 10.0 Å². The van der Waals surface area contributed by atoms with E-state index in [0.717, 1.165) is 10.2 Å². The molecule has 3 nitrogen and oxygen atoms in total. The summed E-state index contributed by atoms with van der Waals surface area (Å²) in [5, 5.41) is 9.36. The molecule has 4 heteroatoms. The van der Waals surface area contributed by atoms with Crippen molar-refractivity contribution in [2.75, 3.05) is 11.5 Å². The number of halogens is 1. The summed E-state index contributed by atoms with van der Waals surface area (Å²) in [4.78, 5) is 13.9. The van der Waals surface area contributed by atoms with E-state index in [2.05, 4.69) is 15.9 Å². The van der Waals surface area contributed by atoms with E-state index in [4.69, 9.17) is 0 Å². The minimum Gasteiger partial charge on any atom is -0.396 e. The number of hydrogen-bond donors (Lipinski definition) is 1. The van der Waals surface area contributed by atoms with Crippen molar-refractivity contribution in [3.05, 3.63) is 28.7 Å². The molecule has 1 aliphatic heterocycles. The van der Waals surface area contributed by atoms with Crippen LogP contribution in [0.5, 0.6) is 0 Å². The largest absolute Gasteiger partial charge is 0.396 e. The molecule has 1 saturated heterocycles. The van der Waals surface area contributed by atoms with E-state index in [0.29, 0.717) is 6.42 Å². The van der Waals surface area contributed by atoms with Crippen molar-refractivity contribution in [2.45, 2.75) is 25.8 Å². The molecule has 0 spiro atoms. The van der Waals surface area contributed by atoms with E-state index in [9.17, 15) is 9.90 Å². The molecule has 17 heavy (non-hydrogen) atoms. The van der Waals surface area contributed by atoms with Gasteiger partial charge in [-0.05, 0) is 41.9 Å². The number of hydrogen-bond acceptors (Lipinski definition) is 2. The van der Waals surface area contributed by atoms with Gasteiger partial charge in [-0.2, -0.15) is 0 Å². The first kappa shape index (κ1) is 12.6. The third kappa shape index (κ3) is 2.00. The van der Waals surface area contributed by atoms with E-state index in [1.165, 1.54) is 0 Å². The number of aliphatic hydroxyl groups excluding tert-OH is 1. The van der Waals surface area contributed by atoms with Crippen LogP contribution < -0.4 is 4.90 Å². The van der Waals surface area contributed by atoms with Gasteiger partial charge >= 0.3 is 0 Å². The van der Waals surface area contributed by atoms with Gasteiger partial charge in [0.1, 0.15) is 0 Å². The van der Waals surface area contributed by atoms with Crippen molar-refractivity contribution in [2.24, 2.45) is 5.92 Å². The van der Waals surface area contributed by atoms with Gasteiger partial charge in [0.2, 0.25) is 5.91 Å². The molecule has 0 aliphatic carbocycles. The second kappa shape index (κ2) is 4.42. The van der Waals surface area contributed by atoms with Crippen molar-refractivity contribution in [1.82, 2.24) is 0 Å². The Bertz CT molecular complexity index is 445. The zero-order valence-corrected chi connectivity index (χ0v) is 11.6. The number of nitrogens with zero attached hydrogens (tertiary/aromatic N) is 1. The van der Waals surface area contributed by atoms with Gasteiger partial charge in [0.05, 0.1) is 5.69 Å². The fraction of sp³-hybridized carbons (Fsp3) is 0.462. The predicted octanol–water partition coefficient (Wildman–Crippen LogP) is 2.57. The monoisotopic (exact) mass is 297 g/mol. The first-order valence-electron chi connectivity index (χ1n) is 5.67. The number of aliphatic hydroxyl groups is 1. The summed E-state index contributed by atoms with van der Waals surface area (Å²) >= 11 is 3.47. The maximum Gasteiger partial charge on any atom is 0.227 e. The molecule has 1 heterocycles. The molecule has 1 aromatic carbocycles. The summed E-state index contributed by atoms with van der Waals surface area (Å²) in [5.41, 5.74) is 0.522. The maximum atomic E-state index is 12.1. The summed E-state index contributed by atoms with van der Waals surface area (Å²) < 4.78 is 0.903. The molecule has 1 fully saturated rings. The normalized spacial score (nSPS) is 23.2. The maximum absolute atomic E-state index is 12.1. The number of carbonyl (C=O) groups excluding carboxylic acids is 1. The van der Waals surface area contributed by atoms with Gasteiger partial charge in [0.15, 0.2) is 0 Å².